The van der Waals surface area contributed by atoms with Crippen LogP contribution in [-0.2, 0) is 17.8 Å². The lowest BCUT2D eigenvalue weighted by Crippen LogP contribution is -2.67. The van der Waals surface area contributed by atoms with Gasteiger partial charge in [-0.1, -0.05) is 76.1 Å². The van der Waals surface area contributed by atoms with Crippen LogP contribution in [0.15, 0.2) is 30.3 Å². The zero-order chi connectivity index (χ0) is 24.4. The van der Waals surface area contributed by atoms with Gasteiger partial charge in [-0.15, -0.1) is 0 Å². The number of hydrogen-bond acceptors (Lipinski definition) is 3. The van der Waals surface area contributed by atoms with Gasteiger partial charge in [-0.3, -0.25) is 14.3 Å². The molecule has 1 aliphatic heterocycles. The summed E-state index contributed by atoms with van der Waals surface area (Å²) in [4.78, 5) is 29.9. The Labute approximate surface area is 209 Å². The fourth-order valence-corrected chi connectivity index (χ4v) is 6.33. The second-order valence-electron chi connectivity index (χ2n) is 11.0. The molecule has 2 fully saturated rings. The van der Waals surface area contributed by atoms with Crippen molar-refractivity contribution < 1.29 is 9.59 Å². The monoisotopic (exact) mass is 476 g/mol. The number of fused-ring (bicyclic) bond motifs is 1. The summed E-state index contributed by atoms with van der Waals surface area (Å²) in [6.45, 7) is 4.51. The Morgan fingerprint density at radius 3 is 2.29 bits per heavy atom. The van der Waals surface area contributed by atoms with Crippen LogP contribution in [0.25, 0.3) is 11.3 Å². The van der Waals surface area contributed by atoms with Crippen molar-refractivity contribution in [3.05, 3.63) is 41.6 Å². The molecule has 6 heteroatoms. The molecule has 0 radical (unpaired) electrons. The molecule has 2 amide bonds. The van der Waals surface area contributed by atoms with Gasteiger partial charge in [0, 0.05) is 17.6 Å². The Kier molecular flexibility index (Phi) is 6.99. The second-order valence-corrected chi connectivity index (χ2v) is 11.0. The Morgan fingerprint density at radius 2 is 1.63 bits per heavy atom. The maximum Gasteiger partial charge on any atom is 0.273 e. The van der Waals surface area contributed by atoms with Crippen molar-refractivity contribution in [2.45, 2.75) is 115 Å². The molecule has 0 unspecified atom stereocenters. The highest BCUT2D eigenvalue weighted by molar-refractivity contribution is 6.00. The summed E-state index contributed by atoms with van der Waals surface area (Å²) in [6.07, 6.45) is 13.2. The lowest BCUT2D eigenvalue weighted by Gasteiger charge is -2.47. The molecule has 6 nitrogen and oxygen atoms in total. The van der Waals surface area contributed by atoms with Crippen LogP contribution in [0.1, 0.15) is 101 Å². The minimum Gasteiger partial charge on any atom is -0.351 e. The zero-order valence-electron chi connectivity index (χ0n) is 21.4. The molecule has 0 bridgehead atoms. The van der Waals surface area contributed by atoms with Crippen LogP contribution in [-0.4, -0.2) is 44.1 Å². The molecule has 1 atom stereocenters. The van der Waals surface area contributed by atoms with Gasteiger partial charge in [-0.2, -0.15) is 5.10 Å². The number of amides is 2. The number of hydrogen-bond donors (Lipinski definition) is 1. The number of aryl methyl sites for hydroxylation is 1. The first kappa shape index (κ1) is 24.1. The molecular weight excluding hydrogens is 436 g/mol. The van der Waals surface area contributed by atoms with E-state index in [1.54, 1.807) is 4.68 Å². The van der Waals surface area contributed by atoms with E-state index < -0.39 is 5.54 Å². The zero-order valence-corrected chi connectivity index (χ0v) is 21.4. The average Bonchev–Trinajstić information content (AvgIpc) is 3.12. The Balaban J connectivity index is 1.49. The normalized spacial score (nSPS) is 24.2. The number of aromatic nitrogens is 2. The summed E-state index contributed by atoms with van der Waals surface area (Å²) in [5.41, 5.74) is 2.75. The Hall–Kier alpha value is -2.63. The largest absolute Gasteiger partial charge is 0.351 e. The van der Waals surface area contributed by atoms with Crippen LogP contribution in [0.3, 0.4) is 0 Å². The average molecular weight is 477 g/mol. The Morgan fingerprint density at radius 1 is 1.00 bits per heavy atom. The first-order valence-electron chi connectivity index (χ1n) is 13.8. The predicted octanol–water partition coefficient (Wildman–Crippen LogP) is 5.50. The van der Waals surface area contributed by atoms with Crippen LogP contribution in [0.2, 0.25) is 0 Å². The number of nitrogens with one attached hydrogen (secondary N) is 1. The molecule has 188 valence electrons. The molecule has 1 aromatic carbocycles. The van der Waals surface area contributed by atoms with E-state index in [-0.39, 0.29) is 23.9 Å². The van der Waals surface area contributed by atoms with E-state index in [1.165, 1.54) is 24.8 Å². The number of carbonyl (C=O) groups excluding carboxylic acids is 2. The summed E-state index contributed by atoms with van der Waals surface area (Å²) in [5, 5.41) is 8.18. The fraction of sp³-hybridized carbons (Fsp3) is 0.621. The van der Waals surface area contributed by atoms with E-state index in [0.717, 1.165) is 69.0 Å². The van der Waals surface area contributed by atoms with Gasteiger partial charge in [0.25, 0.3) is 5.91 Å². The van der Waals surface area contributed by atoms with Crippen molar-refractivity contribution in [3.63, 3.8) is 0 Å². The first-order valence-corrected chi connectivity index (χ1v) is 13.8. The standard InChI is InChI=1S/C29H40N4O2/c1-3-21-15-17-22(18-16-21)25-19-26-27(34)33(24-13-9-4-5-10-14-24)29(2,20-32(26)31-25)28(35)30-23-11-7-6-8-12-23/h15-19,23-24H,3-14,20H2,1-2H3,(H,30,35)/t29-/m1/s1. The van der Waals surface area contributed by atoms with Gasteiger partial charge in [0.15, 0.2) is 0 Å². The maximum absolute atomic E-state index is 14.1. The maximum atomic E-state index is 14.1. The number of carbonyl (C=O) groups is 2. The van der Waals surface area contributed by atoms with Gasteiger partial charge < -0.3 is 10.2 Å². The molecule has 35 heavy (non-hydrogen) atoms. The van der Waals surface area contributed by atoms with E-state index in [4.69, 9.17) is 5.10 Å². The lowest BCUT2D eigenvalue weighted by atomic mass is 9.89. The van der Waals surface area contributed by atoms with E-state index >= 15 is 0 Å². The quantitative estimate of drug-likeness (QED) is 0.580. The predicted molar refractivity (Wildman–Crippen MR) is 138 cm³/mol. The van der Waals surface area contributed by atoms with Crippen LogP contribution in [0.4, 0.5) is 0 Å². The van der Waals surface area contributed by atoms with Crippen molar-refractivity contribution in [2.24, 2.45) is 0 Å². The molecule has 1 N–H and O–H groups in total. The molecule has 2 heterocycles. The summed E-state index contributed by atoms with van der Waals surface area (Å²) in [6, 6.07) is 10.6. The molecular formula is C29H40N4O2. The SMILES string of the molecule is CCc1ccc(-c2cc3n(n2)C[C@](C)(C(=O)NC2CCCCC2)N(C2CCCCCC2)C3=O)cc1. The van der Waals surface area contributed by atoms with E-state index in [2.05, 4.69) is 36.5 Å². The summed E-state index contributed by atoms with van der Waals surface area (Å²) >= 11 is 0. The van der Waals surface area contributed by atoms with Gasteiger partial charge >= 0.3 is 0 Å². The molecule has 2 saturated carbocycles. The molecule has 0 saturated heterocycles. The van der Waals surface area contributed by atoms with Gasteiger partial charge in [-0.25, -0.2) is 0 Å². The van der Waals surface area contributed by atoms with Crippen molar-refractivity contribution in [2.75, 3.05) is 0 Å². The van der Waals surface area contributed by atoms with Crippen molar-refractivity contribution in [1.29, 1.82) is 0 Å². The lowest BCUT2D eigenvalue weighted by molar-refractivity contribution is -0.135. The minimum absolute atomic E-state index is 0.0167. The molecule has 0 spiro atoms. The summed E-state index contributed by atoms with van der Waals surface area (Å²) in [7, 11) is 0. The van der Waals surface area contributed by atoms with Crippen molar-refractivity contribution in [1.82, 2.24) is 20.0 Å². The smallest absolute Gasteiger partial charge is 0.273 e. The van der Waals surface area contributed by atoms with Crippen LogP contribution < -0.4 is 5.32 Å². The van der Waals surface area contributed by atoms with Gasteiger partial charge in [-0.05, 0) is 50.7 Å². The van der Waals surface area contributed by atoms with Crippen LogP contribution >= 0.6 is 0 Å². The van der Waals surface area contributed by atoms with E-state index in [9.17, 15) is 9.59 Å². The number of rotatable bonds is 5. The third-order valence-electron chi connectivity index (χ3n) is 8.48. The highest BCUT2D eigenvalue weighted by Crippen LogP contribution is 2.36. The van der Waals surface area contributed by atoms with E-state index in [1.807, 2.05) is 17.9 Å². The highest BCUT2D eigenvalue weighted by Gasteiger charge is 2.51. The number of benzene rings is 1. The topological polar surface area (TPSA) is 67.2 Å². The minimum atomic E-state index is -0.939. The van der Waals surface area contributed by atoms with Crippen molar-refractivity contribution in [3.8, 4) is 11.3 Å². The first-order chi connectivity index (χ1) is 17.0. The Bertz CT molecular complexity index is 1050. The second kappa shape index (κ2) is 10.2. The molecule has 3 aliphatic rings. The van der Waals surface area contributed by atoms with Crippen LogP contribution in [0.5, 0.6) is 0 Å². The summed E-state index contributed by atoms with van der Waals surface area (Å²) in [5.74, 6) is -0.0645. The van der Waals surface area contributed by atoms with Crippen LogP contribution in [0, 0.1) is 0 Å². The van der Waals surface area contributed by atoms with E-state index in [0.29, 0.717) is 12.2 Å². The molecule has 2 aromatic rings. The van der Waals surface area contributed by atoms with Gasteiger partial charge in [0.2, 0.25) is 5.91 Å². The molecule has 1 aromatic heterocycles. The number of nitrogens with zero attached hydrogens (tertiary/aromatic N) is 3. The summed E-state index contributed by atoms with van der Waals surface area (Å²) < 4.78 is 1.79. The third kappa shape index (κ3) is 4.76. The van der Waals surface area contributed by atoms with Crippen molar-refractivity contribution >= 4 is 11.8 Å². The highest BCUT2D eigenvalue weighted by atomic mass is 16.2. The molecule has 2 aliphatic carbocycles. The fourth-order valence-electron chi connectivity index (χ4n) is 6.33. The van der Waals surface area contributed by atoms with Gasteiger partial charge in [0.1, 0.15) is 11.2 Å². The third-order valence-corrected chi connectivity index (χ3v) is 8.48. The van der Waals surface area contributed by atoms with Gasteiger partial charge in [0.05, 0.1) is 12.2 Å². The molecule has 5 rings (SSSR count).